The Labute approximate surface area is 96.6 Å². The van der Waals surface area contributed by atoms with Crippen molar-refractivity contribution >= 4 is 8.56 Å². The molecule has 0 rings (SSSR count). The first-order chi connectivity index (χ1) is 6.93. The Morgan fingerprint density at radius 3 is 2.13 bits per heavy atom. The molecule has 0 aliphatic heterocycles. The van der Waals surface area contributed by atoms with Crippen molar-refractivity contribution in [1.29, 1.82) is 0 Å². The van der Waals surface area contributed by atoms with Gasteiger partial charge in [-0.05, 0) is 38.8 Å². The van der Waals surface area contributed by atoms with E-state index in [2.05, 4.69) is 41.2 Å². The number of hydrogen-bond acceptors (Lipinski definition) is 2. The second-order valence-corrected chi connectivity index (χ2v) is 8.17. The predicted molar refractivity (Wildman–Crippen MR) is 68.3 cm³/mol. The molecule has 2 unspecified atom stereocenters. The highest BCUT2D eigenvalue weighted by molar-refractivity contribution is 6.66. The highest BCUT2D eigenvalue weighted by Gasteiger charge is 2.32. The van der Waals surface area contributed by atoms with Gasteiger partial charge in [0.25, 0.3) is 0 Å². The van der Waals surface area contributed by atoms with Crippen molar-refractivity contribution in [3.8, 4) is 0 Å². The first-order valence-corrected chi connectivity index (χ1v) is 8.77. The van der Waals surface area contributed by atoms with Gasteiger partial charge in [-0.3, -0.25) is 0 Å². The molecule has 0 N–H and O–H groups in total. The molecule has 0 aliphatic rings. The minimum absolute atomic E-state index is 0.333. The van der Waals surface area contributed by atoms with Crippen molar-refractivity contribution in [2.45, 2.75) is 66.2 Å². The summed E-state index contributed by atoms with van der Waals surface area (Å²) in [6, 6.07) is 1.10. The molecule has 0 aliphatic carbocycles. The molecule has 3 heteroatoms. The zero-order valence-electron chi connectivity index (χ0n) is 11.3. The van der Waals surface area contributed by atoms with Crippen molar-refractivity contribution in [2.24, 2.45) is 5.92 Å². The largest absolute Gasteiger partial charge is 0.395 e. The Kier molecular flexibility index (Phi) is 7.48. The summed E-state index contributed by atoms with van der Waals surface area (Å²) in [7, 11) is -1.88. The molecule has 0 bridgehead atoms. The molecule has 2 atom stereocenters. The lowest BCUT2D eigenvalue weighted by atomic mass is 10.1. The summed E-state index contributed by atoms with van der Waals surface area (Å²) in [5.41, 5.74) is 0. The zero-order chi connectivity index (χ0) is 11.9. The third kappa shape index (κ3) is 7.09. The van der Waals surface area contributed by atoms with Gasteiger partial charge in [-0.15, -0.1) is 0 Å². The first kappa shape index (κ1) is 15.1. The van der Waals surface area contributed by atoms with E-state index in [0.29, 0.717) is 12.0 Å². The van der Waals surface area contributed by atoms with Crippen LogP contribution in [-0.2, 0) is 8.85 Å². The molecule has 0 heterocycles. The molecule has 92 valence electrons. The maximum Gasteiger partial charge on any atom is 0.335 e. The maximum absolute atomic E-state index is 6.15. The molecule has 0 aromatic carbocycles. The van der Waals surface area contributed by atoms with Gasteiger partial charge in [0.05, 0.1) is 0 Å². The van der Waals surface area contributed by atoms with E-state index >= 15 is 0 Å². The van der Waals surface area contributed by atoms with Gasteiger partial charge in [-0.25, -0.2) is 0 Å². The van der Waals surface area contributed by atoms with Crippen LogP contribution in [0.1, 0.15) is 47.5 Å². The van der Waals surface area contributed by atoms with Crippen LogP contribution in [0.15, 0.2) is 0 Å². The van der Waals surface area contributed by atoms with Crippen LogP contribution in [0.3, 0.4) is 0 Å². The molecule has 0 aromatic rings. The fourth-order valence-electron chi connectivity index (χ4n) is 2.06. The molecule has 0 amide bonds. The lowest BCUT2D eigenvalue weighted by Gasteiger charge is -2.30. The van der Waals surface area contributed by atoms with Crippen LogP contribution < -0.4 is 0 Å². The third-order valence-corrected chi connectivity index (χ3v) is 5.62. The maximum atomic E-state index is 6.15. The molecular weight excluding hydrogens is 204 g/mol. The fourth-order valence-corrected chi connectivity index (χ4v) is 4.86. The van der Waals surface area contributed by atoms with Crippen molar-refractivity contribution in [3.05, 3.63) is 0 Å². The summed E-state index contributed by atoms with van der Waals surface area (Å²) in [5, 5.41) is 0. The first-order valence-electron chi connectivity index (χ1n) is 6.25. The van der Waals surface area contributed by atoms with Crippen LogP contribution in [-0.4, -0.2) is 21.3 Å². The van der Waals surface area contributed by atoms with Crippen molar-refractivity contribution in [2.75, 3.05) is 6.61 Å². The third-order valence-electron chi connectivity index (χ3n) is 2.41. The SMILES string of the molecule is CCC[Si](C)(OCC)OC(C)CC(C)C. The van der Waals surface area contributed by atoms with E-state index in [4.69, 9.17) is 8.85 Å². The number of rotatable bonds is 8. The summed E-state index contributed by atoms with van der Waals surface area (Å²) < 4.78 is 12.0. The van der Waals surface area contributed by atoms with E-state index in [1.165, 1.54) is 0 Å². The molecule has 2 nitrogen and oxygen atoms in total. The van der Waals surface area contributed by atoms with E-state index in [0.717, 1.165) is 25.5 Å². The van der Waals surface area contributed by atoms with E-state index < -0.39 is 8.56 Å². The average molecular weight is 232 g/mol. The summed E-state index contributed by atoms with van der Waals surface area (Å²) in [6.07, 6.45) is 2.61. The summed E-state index contributed by atoms with van der Waals surface area (Å²) in [6.45, 7) is 13.9. The van der Waals surface area contributed by atoms with Crippen molar-refractivity contribution < 1.29 is 8.85 Å². The molecule has 0 radical (unpaired) electrons. The van der Waals surface area contributed by atoms with Crippen molar-refractivity contribution in [1.82, 2.24) is 0 Å². The standard InChI is InChI=1S/C12H28O2Si/c1-7-9-15(6,13-8-2)14-12(5)10-11(3)4/h11-12H,7-10H2,1-6H3. The van der Waals surface area contributed by atoms with Gasteiger partial charge in [-0.2, -0.15) is 0 Å². The second kappa shape index (κ2) is 7.42. The smallest absolute Gasteiger partial charge is 0.335 e. The van der Waals surface area contributed by atoms with Crippen molar-refractivity contribution in [3.63, 3.8) is 0 Å². The van der Waals surface area contributed by atoms with Crippen LogP contribution in [0.4, 0.5) is 0 Å². The quantitative estimate of drug-likeness (QED) is 0.590. The summed E-state index contributed by atoms with van der Waals surface area (Å²) in [5.74, 6) is 0.696. The summed E-state index contributed by atoms with van der Waals surface area (Å²) in [4.78, 5) is 0. The highest BCUT2D eigenvalue weighted by Crippen LogP contribution is 2.20. The van der Waals surface area contributed by atoms with Gasteiger partial charge < -0.3 is 8.85 Å². The van der Waals surface area contributed by atoms with E-state index in [1.54, 1.807) is 0 Å². The van der Waals surface area contributed by atoms with Gasteiger partial charge in [0, 0.05) is 12.7 Å². The topological polar surface area (TPSA) is 18.5 Å². The van der Waals surface area contributed by atoms with Crippen LogP contribution >= 0.6 is 0 Å². The molecule has 0 saturated heterocycles. The lowest BCUT2D eigenvalue weighted by Crippen LogP contribution is -2.41. The van der Waals surface area contributed by atoms with Gasteiger partial charge >= 0.3 is 8.56 Å². The Morgan fingerprint density at radius 2 is 1.73 bits per heavy atom. The normalized spacial score (nSPS) is 17.8. The Morgan fingerprint density at radius 1 is 1.13 bits per heavy atom. The van der Waals surface area contributed by atoms with Gasteiger partial charge in [-0.1, -0.05) is 27.2 Å². The average Bonchev–Trinajstić information content (AvgIpc) is 2.01. The van der Waals surface area contributed by atoms with Gasteiger partial charge in [0.2, 0.25) is 0 Å². The van der Waals surface area contributed by atoms with Crippen LogP contribution in [0, 0.1) is 5.92 Å². The summed E-state index contributed by atoms with van der Waals surface area (Å²) >= 11 is 0. The van der Waals surface area contributed by atoms with E-state index in [1.807, 2.05) is 0 Å². The molecule has 0 saturated carbocycles. The van der Waals surface area contributed by atoms with E-state index in [-0.39, 0.29) is 0 Å². The Hall–Kier alpha value is 0.137. The zero-order valence-corrected chi connectivity index (χ0v) is 12.3. The highest BCUT2D eigenvalue weighted by atomic mass is 28.4. The fraction of sp³-hybridized carbons (Fsp3) is 1.00. The molecule has 0 spiro atoms. The molecule has 0 fully saturated rings. The molecular formula is C12H28O2Si. The lowest BCUT2D eigenvalue weighted by molar-refractivity contribution is 0.116. The van der Waals surface area contributed by atoms with Gasteiger partial charge in [0.1, 0.15) is 0 Å². The minimum Gasteiger partial charge on any atom is -0.395 e. The number of hydrogen-bond donors (Lipinski definition) is 0. The predicted octanol–water partition coefficient (Wildman–Crippen LogP) is 3.96. The Bertz CT molecular complexity index is 154. The molecule has 15 heavy (non-hydrogen) atoms. The van der Waals surface area contributed by atoms with Gasteiger partial charge in [0.15, 0.2) is 0 Å². The monoisotopic (exact) mass is 232 g/mol. The Balaban J connectivity index is 4.14. The van der Waals surface area contributed by atoms with E-state index in [9.17, 15) is 0 Å². The molecule has 0 aromatic heterocycles. The minimum atomic E-state index is -1.88. The van der Waals surface area contributed by atoms with Crippen LogP contribution in [0.5, 0.6) is 0 Å². The van der Waals surface area contributed by atoms with Crippen LogP contribution in [0.25, 0.3) is 0 Å². The van der Waals surface area contributed by atoms with Crippen LogP contribution in [0.2, 0.25) is 12.6 Å². The second-order valence-electron chi connectivity index (χ2n) is 4.87.